The van der Waals surface area contributed by atoms with Crippen LogP contribution in [0.3, 0.4) is 0 Å². The van der Waals surface area contributed by atoms with E-state index in [2.05, 4.69) is 4.98 Å². The molecule has 0 N–H and O–H groups in total. The van der Waals surface area contributed by atoms with Crippen molar-refractivity contribution in [1.82, 2.24) is 4.98 Å². The maximum absolute atomic E-state index is 12.8. The maximum atomic E-state index is 12.8. The number of carbonyl (C=O) groups excluding carboxylic acids is 2. The zero-order valence-electron chi connectivity index (χ0n) is 9.93. The second-order valence-corrected chi connectivity index (χ2v) is 5.41. The molecule has 1 saturated heterocycles. The number of halogens is 1. The van der Waals surface area contributed by atoms with E-state index in [-0.39, 0.29) is 16.9 Å². The van der Waals surface area contributed by atoms with Gasteiger partial charge in [0.05, 0.1) is 6.20 Å². The molecule has 0 radical (unpaired) electrons. The number of hydrogen-bond donors (Lipinski definition) is 0. The van der Waals surface area contributed by atoms with Crippen LogP contribution < -0.4 is 4.90 Å². The smallest absolute Gasteiger partial charge is 0.228 e. The van der Waals surface area contributed by atoms with Crippen LogP contribution in [0.4, 0.5) is 10.2 Å². The van der Waals surface area contributed by atoms with Gasteiger partial charge in [-0.25, -0.2) is 9.37 Å². The quantitative estimate of drug-likeness (QED) is 0.839. The highest BCUT2D eigenvalue weighted by atomic mass is 32.2. The molecule has 1 unspecified atom stereocenters. The highest BCUT2D eigenvalue weighted by Gasteiger charge is 2.31. The third-order valence-electron chi connectivity index (χ3n) is 2.72. The summed E-state index contributed by atoms with van der Waals surface area (Å²) < 4.78 is 12.8. The SMILES string of the molecule is CC(=O)SCC1CC(=O)N(c2ccc(F)cn2)C1. The predicted octanol–water partition coefficient (Wildman–Crippen LogP) is 1.85. The molecule has 2 rings (SSSR count). The van der Waals surface area contributed by atoms with Crippen LogP contribution in [0, 0.1) is 11.7 Å². The first-order valence-electron chi connectivity index (χ1n) is 5.61. The molecule has 0 spiro atoms. The molecule has 1 aromatic rings. The lowest BCUT2D eigenvalue weighted by Gasteiger charge is -2.15. The van der Waals surface area contributed by atoms with Gasteiger partial charge in [0.15, 0.2) is 5.12 Å². The molecule has 4 nitrogen and oxygen atoms in total. The lowest BCUT2D eigenvalue weighted by atomic mass is 10.1. The average Bonchev–Trinajstić information content (AvgIpc) is 2.69. The monoisotopic (exact) mass is 268 g/mol. The minimum Gasteiger partial charge on any atom is -0.296 e. The van der Waals surface area contributed by atoms with Gasteiger partial charge < -0.3 is 0 Å². The molecular weight excluding hydrogens is 255 g/mol. The Morgan fingerprint density at radius 3 is 3.00 bits per heavy atom. The van der Waals surface area contributed by atoms with Crippen molar-refractivity contribution >= 4 is 28.6 Å². The summed E-state index contributed by atoms with van der Waals surface area (Å²) in [6.07, 6.45) is 1.51. The lowest BCUT2D eigenvalue weighted by molar-refractivity contribution is -0.117. The average molecular weight is 268 g/mol. The largest absolute Gasteiger partial charge is 0.296 e. The summed E-state index contributed by atoms with van der Waals surface area (Å²) in [7, 11) is 0. The number of aromatic nitrogens is 1. The zero-order valence-corrected chi connectivity index (χ0v) is 10.7. The van der Waals surface area contributed by atoms with Gasteiger partial charge in [0.2, 0.25) is 5.91 Å². The number of nitrogens with zero attached hydrogens (tertiary/aromatic N) is 2. The number of pyridine rings is 1. The van der Waals surface area contributed by atoms with E-state index >= 15 is 0 Å². The van der Waals surface area contributed by atoms with Gasteiger partial charge >= 0.3 is 0 Å². The standard InChI is InChI=1S/C12H13FN2O2S/c1-8(16)18-7-9-4-12(17)15(6-9)11-3-2-10(13)5-14-11/h2-3,5,9H,4,6-7H2,1H3. The molecule has 0 aliphatic carbocycles. The number of anilines is 1. The third kappa shape index (κ3) is 3.07. The van der Waals surface area contributed by atoms with Gasteiger partial charge in [0.1, 0.15) is 11.6 Å². The Morgan fingerprint density at radius 2 is 2.39 bits per heavy atom. The second-order valence-electron chi connectivity index (χ2n) is 4.21. The van der Waals surface area contributed by atoms with Crippen LogP contribution in [0.25, 0.3) is 0 Å². The van der Waals surface area contributed by atoms with Gasteiger partial charge in [-0.15, -0.1) is 0 Å². The Hall–Kier alpha value is -1.43. The third-order valence-corrected chi connectivity index (χ3v) is 3.76. The molecule has 6 heteroatoms. The number of rotatable bonds is 3. The first-order chi connectivity index (χ1) is 8.56. The van der Waals surface area contributed by atoms with E-state index < -0.39 is 5.82 Å². The van der Waals surface area contributed by atoms with Crippen LogP contribution in [0.2, 0.25) is 0 Å². The summed E-state index contributed by atoms with van der Waals surface area (Å²) in [5, 5.41) is 0.0563. The fourth-order valence-corrected chi connectivity index (χ4v) is 2.57. The molecule has 1 aliphatic rings. The van der Waals surface area contributed by atoms with Crippen LogP contribution in [0.15, 0.2) is 18.3 Å². The number of thioether (sulfide) groups is 1. The first kappa shape index (κ1) is 13.0. The van der Waals surface area contributed by atoms with E-state index in [0.717, 1.165) is 6.20 Å². The summed E-state index contributed by atoms with van der Waals surface area (Å²) in [5.41, 5.74) is 0. The molecule has 0 bridgehead atoms. The fraction of sp³-hybridized carbons (Fsp3) is 0.417. The van der Waals surface area contributed by atoms with E-state index in [9.17, 15) is 14.0 Å². The van der Waals surface area contributed by atoms with E-state index in [1.165, 1.54) is 30.8 Å². The normalized spacial score (nSPS) is 19.3. The van der Waals surface area contributed by atoms with Crippen molar-refractivity contribution in [1.29, 1.82) is 0 Å². The molecule has 1 aromatic heterocycles. The first-order valence-corrected chi connectivity index (χ1v) is 6.60. The van der Waals surface area contributed by atoms with E-state index in [1.807, 2.05) is 0 Å². The second kappa shape index (κ2) is 5.48. The van der Waals surface area contributed by atoms with Gasteiger partial charge in [0, 0.05) is 25.6 Å². The summed E-state index contributed by atoms with van der Waals surface area (Å²) in [6, 6.07) is 2.78. The minimum absolute atomic E-state index is 0.0248. The molecule has 0 aromatic carbocycles. The Kier molecular flexibility index (Phi) is 3.96. The van der Waals surface area contributed by atoms with Crippen LogP contribution in [-0.2, 0) is 9.59 Å². The van der Waals surface area contributed by atoms with E-state index in [1.54, 1.807) is 4.90 Å². The van der Waals surface area contributed by atoms with E-state index in [4.69, 9.17) is 0 Å². The topological polar surface area (TPSA) is 50.3 Å². The van der Waals surface area contributed by atoms with Crippen molar-refractivity contribution in [2.24, 2.45) is 5.92 Å². The van der Waals surface area contributed by atoms with Crippen LogP contribution in [0.1, 0.15) is 13.3 Å². The molecule has 1 aliphatic heterocycles. The summed E-state index contributed by atoms with van der Waals surface area (Å²) >= 11 is 1.23. The Labute approximate surface area is 109 Å². The number of carbonyl (C=O) groups is 2. The highest BCUT2D eigenvalue weighted by molar-refractivity contribution is 8.13. The molecule has 1 amide bonds. The molecule has 96 valence electrons. The Balaban J connectivity index is 2.00. The van der Waals surface area contributed by atoms with Gasteiger partial charge in [0.25, 0.3) is 0 Å². The predicted molar refractivity (Wildman–Crippen MR) is 67.8 cm³/mol. The highest BCUT2D eigenvalue weighted by Crippen LogP contribution is 2.26. The summed E-state index contributed by atoms with van der Waals surface area (Å²) in [6.45, 7) is 2.05. The minimum atomic E-state index is -0.422. The molecule has 0 saturated carbocycles. The fourth-order valence-electron chi connectivity index (χ4n) is 1.88. The molecule has 18 heavy (non-hydrogen) atoms. The van der Waals surface area contributed by atoms with Crippen molar-refractivity contribution in [3.8, 4) is 0 Å². The number of amides is 1. The lowest BCUT2D eigenvalue weighted by Crippen LogP contribution is -2.25. The van der Waals surface area contributed by atoms with E-state index in [0.29, 0.717) is 24.5 Å². The van der Waals surface area contributed by atoms with Crippen LogP contribution in [0.5, 0.6) is 0 Å². The Morgan fingerprint density at radius 1 is 1.61 bits per heavy atom. The van der Waals surface area contributed by atoms with Crippen molar-refractivity contribution in [3.05, 3.63) is 24.1 Å². The molecule has 1 fully saturated rings. The Bertz CT molecular complexity index is 464. The van der Waals surface area contributed by atoms with Gasteiger partial charge in [-0.2, -0.15) is 0 Å². The van der Waals surface area contributed by atoms with Gasteiger partial charge in [-0.05, 0) is 18.1 Å². The van der Waals surface area contributed by atoms with Crippen molar-refractivity contribution < 1.29 is 14.0 Å². The van der Waals surface area contributed by atoms with Crippen molar-refractivity contribution in [2.45, 2.75) is 13.3 Å². The van der Waals surface area contributed by atoms with Gasteiger partial charge in [-0.1, -0.05) is 11.8 Å². The molecule has 2 heterocycles. The summed E-state index contributed by atoms with van der Waals surface area (Å²) in [4.78, 5) is 28.1. The van der Waals surface area contributed by atoms with Gasteiger partial charge in [-0.3, -0.25) is 14.5 Å². The maximum Gasteiger partial charge on any atom is 0.228 e. The van der Waals surface area contributed by atoms with Crippen LogP contribution >= 0.6 is 11.8 Å². The van der Waals surface area contributed by atoms with Crippen molar-refractivity contribution in [2.75, 3.05) is 17.2 Å². The van der Waals surface area contributed by atoms with Crippen molar-refractivity contribution in [3.63, 3.8) is 0 Å². The molecule has 1 atom stereocenters. The zero-order chi connectivity index (χ0) is 13.1. The molecular formula is C12H13FN2O2S. The number of hydrogen-bond acceptors (Lipinski definition) is 4. The summed E-state index contributed by atoms with van der Waals surface area (Å²) in [5.74, 6) is 0.811. The van der Waals surface area contributed by atoms with Crippen LogP contribution in [-0.4, -0.2) is 28.3 Å².